The van der Waals surface area contributed by atoms with E-state index in [-0.39, 0.29) is 5.82 Å². The molecule has 0 aliphatic rings. The van der Waals surface area contributed by atoms with Gasteiger partial charge in [0.1, 0.15) is 11.6 Å². The van der Waals surface area contributed by atoms with Crippen LogP contribution in [0.2, 0.25) is 0 Å². The first-order valence-corrected chi connectivity index (χ1v) is 6.65. The van der Waals surface area contributed by atoms with Crippen molar-refractivity contribution in [2.24, 2.45) is 0 Å². The Morgan fingerprint density at radius 2 is 1.94 bits per heavy atom. The fourth-order valence-electron chi connectivity index (χ4n) is 1.61. The molecule has 0 saturated heterocycles. The van der Waals surface area contributed by atoms with Crippen molar-refractivity contribution in [2.45, 2.75) is 26.4 Å². The highest BCUT2D eigenvalue weighted by Crippen LogP contribution is 2.30. The Morgan fingerprint density at radius 3 is 2.67 bits per heavy atom. The predicted molar refractivity (Wildman–Crippen MR) is 71.6 cm³/mol. The lowest BCUT2D eigenvalue weighted by Gasteiger charge is -2.05. The van der Waals surface area contributed by atoms with Crippen LogP contribution in [0.15, 0.2) is 30.3 Å². The zero-order valence-electron chi connectivity index (χ0n) is 10.3. The van der Waals surface area contributed by atoms with Crippen molar-refractivity contribution in [3.05, 3.63) is 46.8 Å². The van der Waals surface area contributed by atoms with Gasteiger partial charge in [0, 0.05) is 27.9 Å². The van der Waals surface area contributed by atoms with Gasteiger partial charge in [-0.25, -0.2) is 8.78 Å². The van der Waals surface area contributed by atoms with Crippen molar-refractivity contribution in [3.8, 4) is 10.4 Å². The number of rotatable bonds is 4. The Balaban J connectivity index is 2.21. The molecule has 0 aliphatic heterocycles. The molecule has 0 bridgehead atoms. The highest BCUT2D eigenvalue weighted by atomic mass is 32.1. The molecule has 1 N–H and O–H groups in total. The molecule has 0 unspecified atom stereocenters. The Morgan fingerprint density at radius 1 is 1.17 bits per heavy atom. The van der Waals surface area contributed by atoms with E-state index in [2.05, 4.69) is 19.2 Å². The van der Waals surface area contributed by atoms with E-state index in [9.17, 15) is 8.78 Å². The van der Waals surface area contributed by atoms with Gasteiger partial charge in [0.05, 0.1) is 0 Å². The average Bonchev–Trinajstić information content (AvgIpc) is 2.78. The van der Waals surface area contributed by atoms with Gasteiger partial charge in [-0.2, -0.15) is 0 Å². The first-order chi connectivity index (χ1) is 8.56. The molecule has 0 aliphatic carbocycles. The van der Waals surface area contributed by atoms with Gasteiger partial charge in [-0.1, -0.05) is 13.8 Å². The topological polar surface area (TPSA) is 12.0 Å². The SMILES string of the molecule is CC(C)NCc1ccc(-c2cc(F)ccc2F)s1. The van der Waals surface area contributed by atoms with Crippen LogP contribution in [0.3, 0.4) is 0 Å². The largest absolute Gasteiger partial charge is 0.310 e. The summed E-state index contributed by atoms with van der Waals surface area (Å²) in [7, 11) is 0. The van der Waals surface area contributed by atoms with Gasteiger partial charge in [0.25, 0.3) is 0 Å². The standard InChI is InChI=1S/C14H15F2NS/c1-9(2)17-8-11-4-6-14(18-11)12-7-10(15)3-5-13(12)16/h3-7,9,17H,8H2,1-2H3. The third kappa shape index (κ3) is 3.15. The van der Waals surface area contributed by atoms with Crippen LogP contribution in [-0.2, 0) is 6.54 Å². The minimum absolute atomic E-state index is 0.329. The monoisotopic (exact) mass is 267 g/mol. The molecule has 1 heterocycles. The minimum Gasteiger partial charge on any atom is -0.310 e. The predicted octanol–water partition coefficient (Wildman–Crippen LogP) is 4.19. The van der Waals surface area contributed by atoms with Crippen LogP contribution < -0.4 is 5.32 Å². The number of hydrogen-bond acceptors (Lipinski definition) is 2. The van der Waals surface area contributed by atoms with Gasteiger partial charge < -0.3 is 5.32 Å². The summed E-state index contributed by atoms with van der Waals surface area (Å²) in [5.74, 6) is -0.803. The quantitative estimate of drug-likeness (QED) is 0.875. The van der Waals surface area contributed by atoms with E-state index >= 15 is 0 Å². The zero-order chi connectivity index (χ0) is 13.1. The van der Waals surface area contributed by atoms with Gasteiger partial charge >= 0.3 is 0 Å². The molecule has 0 fully saturated rings. The zero-order valence-corrected chi connectivity index (χ0v) is 11.2. The molecule has 1 aromatic carbocycles. The molecular weight excluding hydrogens is 252 g/mol. The van der Waals surface area contributed by atoms with E-state index in [4.69, 9.17) is 0 Å². The van der Waals surface area contributed by atoms with Crippen molar-refractivity contribution in [1.29, 1.82) is 0 Å². The van der Waals surface area contributed by atoms with Crippen LogP contribution in [0.5, 0.6) is 0 Å². The molecule has 0 spiro atoms. The van der Waals surface area contributed by atoms with E-state index < -0.39 is 5.82 Å². The molecule has 0 amide bonds. The second-order valence-electron chi connectivity index (χ2n) is 4.43. The first-order valence-electron chi connectivity index (χ1n) is 5.84. The Kier molecular flexibility index (Phi) is 4.09. The molecule has 4 heteroatoms. The summed E-state index contributed by atoms with van der Waals surface area (Å²) in [5.41, 5.74) is 0.329. The lowest BCUT2D eigenvalue weighted by molar-refractivity contribution is 0.593. The number of hydrogen-bond donors (Lipinski definition) is 1. The molecule has 1 nitrogen and oxygen atoms in total. The van der Waals surface area contributed by atoms with Crippen molar-refractivity contribution in [1.82, 2.24) is 5.32 Å². The van der Waals surface area contributed by atoms with E-state index in [0.29, 0.717) is 11.6 Å². The second kappa shape index (κ2) is 5.59. The number of benzene rings is 1. The molecular formula is C14H15F2NS. The van der Waals surface area contributed by atoms with Crippen LogP contribution in [0, 0.1) is 11.6 Å². The lowest BCUT2D eigenvalue weighted by Crippen LogP contribution is -2.21. The fourth-order valence-corrected chi connectivity index (χ4v) is 2.59. The van der Waals surface area contributed by atoms with Crippen molar-refractivity contribution in [2.75, 3.05) is 0 Å². The Hall–Kier alpha value is -1.26. The molecule has 0 saturated carbocycles. The molecule has 2 aromatic rings. The Bertz CT molecular complexity index is 534. The fraction of sp³-hybridized carbons (Fsp3) is 0.286. The summed E-state index contributed by atoms with van der Waals surface area (Å²) >= 11 is 1.48. The highest BCUT2D eigenvalue weighted by Gasteiger charge is 2.09. The molecule has 1 aromatic heterocycles. The van der Waals surface area contributed by atoms with E-state index in [1.165, 1.54) is 17.4 Å². The molecule has 0 radical (unpaired) electrons. The van der Waals surface area contributed by atoms with E-state index in [0.717, 1.165) is 28.4 Å². The van der Waals surface area contributed by atoms with Gasteiger partial charge in [-0.15, -0.1) is 11.3 Å². The minimum atomic E-state index is -0.415. The number of halogens is 2. The third-order valence-corrected chi connectivity index (χ3v) is 3.66. The molecule has 18 heavy (non-hydrogen) atoms. The van der Waals surface area contributed by atoms with Gasteiger partial charge in [-0.3, -0.25) is 0 Å². The van der Waals surface area contributed by atoms with Gasteiger partial charge in [0.2, 0.25) is 0 Å². The van der Waals surface area contributed by atoms with Crippen molar-refractivity contribution < 1.29 is 8.78 Å². The Labute approximate surface area is 109 Å². The van der Waals surface area contributed by atoms with Gasteiger partial charge in [0.15, 0.2) is 0 Å². The van der Waals surface area contributed by atoms with Gasteiger partial charge in [-0.05, 0) is 30.3 Å². The smallest absolute Gasteiger partial charge is 0.132 e. The molecule has 2 rings (SSSR count). The van der Waals surface area contributed by atoms with Crippen LogP contribution in [0.25, 0.3) is 10.4 Å². The summed E-state index contributed by atoms with van der Waals surface area (Å²) < 4.78 is 26.7. The van der Waals surface area contributed by atoms with E-state index in [1.54, 1.807) is 0 Å². The van der Waals surface area contributed by atoms with E-state index in [1.807, 2.05) is 12.1 Å². The summed E-state index contributed by atoms with van der Waals surface area (Å²) in [4.78, 5) is 1.87. The molecule has 0 atom stereocenters. The summed E-state index contributed by atoms with van der Waals surface area (Å²) in [5, 5.41) is 3.30. The lowest BCUT2D eigenvalue weighted by atomic mass is 10.2. The first kappa shape index (κ1) is 13.2. The third-order valence-electron chi connectivity index (χ3n) is 2.54. The number of nitrogens with one attached hydrogen (secondary N) is 1. The number of thiophene rings is 1. The van der Waals surface area contributed by atoms with Crippen LogP contribution in [0.4, 0.5) is 8.78 Å². The van der Waals surface area contributed by atoms with Crippen molar-refractivity contribution >= 4 is 11.3 Å². The average molecular weight is 267 g/mol. The summed E-state index contributed by atoms with van der Waals surface area (Å²) in [6.45, 7) is 4.89. The van der Waals surface area contributed by atoms with Crippen molar-refractivity contribution in [3.63, 3.8) is 0 Å². The maximum Gasteiger partial charge on any atom is 0.132 e. The van der Waals surface area contributed by atoms with Crippen LogP contribution in [0.1, 0.15) is 18.7 Å². The normalized spacial score (nSPS) is 11.2. The van der Waals surface area contributed by atoms with Crippen LogP contribution in [-0.4, -0.2) is 6.04 Å². The highest BCUT2D eigenvalue weighted by molar-refractivity contribution is 7.15. The maximum absolute atomic E-state index is 13.6. The summed E-state index contributed by atoms with van der Waals surface area (Å²) in [6.07, 6.45) is 0. The maximum atomic E-state index is 13.6. The van der Waals surface area contributed by atoms with Crippen LogP contribution >= 0.6 is 11.3 Å². The second-order valence-corrected chi connectivity index (χ2v) is 5.59. The molecule has 96 valence electrons. The summed E-state index contributed by atoms with van der Waals surface area (Å²) in [6, 6.07) is 7.71.